The van der Waals surface area contributed by atoms with Gasteiger partial charge in [0.1, 0.15) is 0 Å². The van der Waals surface area contributed by atoms with E-state index in [9.17, 15) is 9.59 Å². The molecular formula is C14H24N2O4. The number of nitrogens with zero attached hydrogens (tertiary/aromatic N) is 1. The predicted octanol–water partition coefficient (Wildman–Crippen LogP) is 0.468. The summed E-state index contributed by atoms with van der Waals surface area (Å²) in [5, 5.41) is 12.3. The zero-order valence-electron chi connectivity index (χ0n) is 12.1. The van der Waals surface area contributed by atoms with Crippen molar-refractivity contribution in [3.8, 4) is 0 Å². The van der Waals surface area contributed by atoms with Crippen molar-refractivity contribution in [2.75, 3.05) is 32.8 Å². The Morgan fingerprint density at radius 3 is 2.70 bits per heavy atom. The number of nitrogens with one attached hydrogen (secondary N) is 1. The summed E-state index contributed by atoms with van der Waals surface area (Å²) in [6.45, 7) is 5.10. The second kappa shape index (κ2) is 6.54. The molecule has 0 aliphatic carbocycles. The van der Waals surface area contributed by atoms with Gasteiger partial charge in [-0.05, 0) is 32.4 Å². The maximum Gasteiger partial charge on any atom is 0.305 e. The van der Waals surface area contributed by atoms with Gasteiger partial charge in [0.25, 0.3) is 0 Å². The van der Waals surface area contributed by atoms with E-state index in [-0.39, 0.29) is 23.8 Å². The fourth-order valence-electron chi connectivity index (χ4n) is 3.22. The first kappa shape index (κ1) is 15.3. The number of ether oxygens (including phenoxy) is 1. The van der Waals surface area contributed by atoms with Crippen LogP contribution in [-0.2, 0) is 14.3 Å². The molecule has 2 aliphatic rings. The van der Waals surface area contributed by atoms with Gasteiger partial charge in [-0.1, -0.05) is 6.92 Å². The van der Waals surface area contributed by atoms with E-state index < -0.39 is 5.97 Å². The van der Waals surface area contributed by atoms with E-state index in [0.29, 0.717) is 19.8 Å². The third-order valence-electron chi connectivity index (χ3n) is 4.59. The van der Waals surface area contributed by atoms with Crippen LogP contribution < -0.4 is 5.32 Å². The quantitative estimate of drug-likeness (QED) is 0.784. The minimum absolute atomic E-state index is 0.0379. The molecule has 0 aromatic rings. The molecule has 2 N–H and O–H groups in total. The molecule has 0 radical (unpaired) electrons. The molecule has 2 rings (SSSR count). The lowest BCUT2D eigenvalue weighted by Crippen LogP contribution is -2.56. The lowest BCUT2D eigenvalue weighted by atomic mass is 9.75. The Hall–Kier alpha value is -1.14. The number of carbonyl (C=O) groups excluding carboxylic acids is 1. The average molecular weight is 284 g/mol. The Morgan fingerprint density at radius 1 is 1.40 bits per heavy atom. The highest BCUT2D eigenvalue weighted by Crippen LogP contribution is 2.35. The van der Waals surface area contributed by atoms with Gasteiger partial charge < -0.3 is 20.1 Å². The standard InChI is InChI=1S/C14H24N2O4/c1-2-14(3-5-15-6-4-14)13(19)16-7-8-20-10-11(16)9-12(17)18/h11,15H,2-10H2,1H3,(H,17,18). The van der Waals surface area contributed by atoms with Gasteiger partial charge >= 0.3 is 5.97 Å². The molecular weight excluding hydrogens is 260 g/mol. The fraction of sp³-hybridized carbons (Fsp3) is 0.857. The molecule has 2 fully saturated rings. The highest BCUT2D eigenvalue weighted by Gasteiger charge is 2.43. The SMILES string of the molecule is CCC1(C(=O)N2CCOCC2CC(=O)O)CCNCC1. The van der Waals surface area contributed by atoms with Crippen molar-refractivity contribution >= 4 is 11.9 Å². The van der Waals surface area contributed by atoms with Crippen LogP contribution in [-0.4, -0.2) is 60.8 Å². The molecule has 114 valence electrons. The molecule has 20 heavy (non-hydrogen) atoms. The lowest BCUT2D eigenvalue weighted by Gasteiger charge is -2.43. The molecule has 2 aliphatic heterocycles. The number of morpholine rings is 1. The van der Waals surface area contributed by atoms with Crippen molar-refractivity contribution in [1.29, 1.82) is 0 Å². The van der Waals surface area contributed by atoms with Crippen molar-refractivity contribution in [1.82, 2.24) is 10.2 Å². The van der Waals surface area contributed by atoms with Gasteiger partial charge in [-0.2, -0.15) is 0 Å². The van der Waals surface area contributed by atoms with Crippen molar-refractivity contribution in [3.63, 3.8) is 0 Å². The molecule has 0 saturated carbocycles. The van der Waals surface area contributed by atoms with Gasteiger partial charge in [-0.25, -0.2) is 0 Å². The van der Waals surface area contributed by atoms with Crippen LogP contribution in [0.5, 0.6) is 0 Å². The van der Waals surface area contributed by atoms with Gasteiger partial charge in [0, 0.05) is 6.54 Å². The van der Waals surface area contributed by atoms with Crippen LogP contribution in [0.15, 0.2) is 0 Å². The monoisotopic (exact) mass is 284 g/mol. The van der Waals surface area contributed by atoms with E-state index in [0.717, 1.165) is 32.4 Å². The first-order valence-corrected chi connectivity index (χ1v) is 7.40. The lowest BCUT2D eigenvalue weighted by molar-refractivity contribution is -0.155. The van der Waals surface area contributed by atoms with E-state index in [1.54, 1.807) is 4.90 Å². The number of hydrogen-bond donors (Lipinski definition) is 2. The van der Waals surface area contributed by atoms with Crippen LogP contribution in [0.3, 0.4) is 0 Å². The summed E-state index contributed by atoms with van der Waals surface area (Å²) in [4.78, 5) is 25.7. The maximum absolute atomic E-state index is 12.9. The van der Waals surface area contributed by atoms with Gasteiger partial charge in [0.15, 0.2) is 0 Å². The third-order valence-corrected chi connectivity index (χ3v) is 4.59. The molecule has 1 amide bonds. The molecule has 2 heterocycles. The Bertz CT molecular complexity index is 366. The van der Waals surface area contributed by atoms with Gasteiger partial charge in [-0.15, -0.1) is 0 Å². The van der Waals surface area contributed by atoms with E-state index in [1.165, 1.54) is 0 Å². The summed E-state index contributed by atoms with van der Waals surface area (Å²) >= 11 is 0. The van der Waals surface area contributed by atoms with E-state index in [1.807, 2.05) is 0 Å². The minimum Gasteiger partial charge on any atom is -0.481 e. The van der Waals surface area contributed by atoms with Crippen molar-refractivity contribution in [3.05, 3.63) is 0 Å². The summed E-state index contributed by atoms with van der Waals surface area (Å²) in [5.41, 5.74) is -0.320. The van der Waals surface area contributed by atoms with Crippen LogP contribution in [0, 0.1) is 5.41 Å². The van der Waals surface area contributed by atoms with Gasteiger partial charge in [0.05, 0.1) is 31.1 Å². The van der Waals surface area contributed by atoms with E-state index in [2.05, 4.69) is 12.2 Å². The van der Waals surface area contributed by atoms with Crippen LogP contribution in [0.4, 0.5) is 0 Å². The fourth-order valence-corrected chi connectivity index (χ4v) is 3.22. The smallest absolute Gasteiger partial charge is 0.305 e. The molecule has 1 atom stereocenters. The topological polar surface area (TPSA) is 78.9 Å². The number of aliphatic carboxylic acids is 1. The Balaban J connectivity index is 2.13. The zero-order chi connectivity index (χ0) is 14.6. The third kappa shape index (κ3) is 3.12. The summed E-state index contributed by atoms with van der Waals surface area (Å²) in [6.07, 6.45) is 2.44. The maximum atomic E-state index is 12.9. The molecule has 0 bridgehead atoms. The number of carboxylic acids is 1. The normalized spacial score (nSPS) is 26.2. The second-order valence-electron chi connectivity index (χ2n) is 5.71. The Morgan fingerprint density at radius 2 is 2.10 bits per heavy atom. The average Bonchev–Trinajstić information content (AvgIpc) is 2.47. The Kier molecular flexibility index (Phi) is 4.99. The molecule has 0 spiro atoms. The van der Waals surface area contributed by atoms with Crippen molar-refractivity contribution in [2.45, 2.75) is 38.6 Å². The van der Waals surface area contributed by atoms with Crippen LogP contribution >= 0.6 is 0 Å². The first-order valence-electron chi connectivity index (χ1n) is 7.40. The largest absolute Gasteiger partial charge is 0.481 e. The summed E-state index contributed by atoms with van der Waals surface area (Å²) in [6, 6.07) is -0.327. The number of amides is 1. The molecule has 0 aromatic carbocycles. The number of carboxylic acid groups (broad SMARTS) is 1. The highest BCUT2D eigenvalue weighted by atomic mass is 16.5. The first-order chi connectivity index (χ1) is 9.59. The van der Waals surface area contributed by atoms with E-state index >= 15 is 0 Å². The summed E-state index contributed by atoms with van der Waals surface area (Å²) in [5.74, 6) is -0.759. The number of hydrogen-bond acceptors (Lipinski definition) is 4. The summed E-state index contributed by atoms with van der Waals surface area (Å²) < 4.78 is 5.35. The van der Waals surface area contributed by atoms with Crippen molar-refractivity contribution in [2.24, 2.45) is 5.41 Å². The van der Waals surface area contributed by atoms with Crippen LogP contribution in [0.1, 0.15) is 32.6 Å². The van der Waals surface area contributed by atoms with Crippen molar-refractivity contribution < 1.29 is 19.4 Å². The van der Waals surface area contributed by atoms with Gasteiger partial charge in [-0.3, -0.25) is 9.59 Å². The molecule has 0 aromatic heterocycles. The molecule has 2 saturated heterocycles. The second-order valence-corrected chi connectivity index (χ2v) is 5.71. The summed E-state index contributed by atoms with van der Waals surface area (Å²) in [7, 11) is 0. The van der Waals surface area contributed by atoms with E-state index in [4.69, 9.17) is 9.84 Å². The van der Waals surface area contributed by atoms with Crippen LogP contribution in [0.2, 0.25) is 0 Å². The highest BCUT2D eigenvalue weighted by molar-refractivity contribution is 5.84. The molecule has 6 heteroatoms. The number of rotatable bonds is 4. The minimum atomic E-state index is -0.880. The number of piperidine rings is 1. The molecule has 1 unspecified atom stereocenters. The zero-order valence-corrected chi connectivity index (χ0v) is 12.1. The van der Waals surface area contributed by atoms with Gasteiger partial charge in [0.2, 0.25) is 5.91 Å². The number of carbonyl (C=O) groups is 2. The predicted molar refractivity (Wildman–Crippen MR) is 73.4 cm³/mol. The molecule has 6 nitrogen and oxygen atoms in total. The van der Waals surface area contributed by atoms with Crippen LogP contribution in [0.25, 0.3) is 0 Å². The Labute approximate surface area is 119 Å².